The zero-order valence-corrected chi connectivity index (χ0v) is 23.1. The Bertz CT molecular complexity index is 2480. The van der Waals surface area contributed by atoms with Gasteiger partial charge in [0.2, 0.25) is 0 Å². The van der Waals surface area contributed by atoms with E-state index in [9.17, 15) is 0 Å². The number of rotatable bonds is 4. The van der Waals surface area contributed by atoms with Crippen molar-refractivity contribution in [3.05, 3.63) is 146 Å². The molecular weight excluding hydrogens is 528 g/mol. The first-order valence-electron chi connectivity index (χ1n) is 14.3. The van der Waals surface area contributed by atoms with Crippen molar-refractivity contribution in [3.63, 3.8) is 0 Å². The Labute approximate surface area is 246 Å². The molecule has 9 rings (SSSR count). The molecule has 0 N–H and O–H groups in total. The van der Waals surface area contributed by atoms with E-state index in [1.54, 1.807) is 6.20 Å². The summed E-state index contributed by atoms with van der Waals surface area (Å²) in [5.74, 6) is 1.52. The lowest BCUT2D eigenvalue weighted by Gasteiger charge is -2.13. The molecule has 0 aliphatic carbocycles. The van der Waals surface area contributed by atoms with E-state index in [0.29, 0.717) is 0 Å². The van der Waals surface area contributed by atoms with E-state index in [1.165, 1.54) is 21.8 Å². The summed E-state index contributed by atoms with van der Waals surface area (Å²) in [6, 6.07) is 44.1. The topological polar surface area (TPSA) is 44.3 Å². The number of nitrogens with zero attached hydrogens (tertiary/aromatic N) is 4. The van der Waals surface area contributed by atoms with Crippen LogP contribution >= 0.6 is 0 Å². The molecule has 0 unspecified atom stereocenters. The number of ether oxygens (including phenoxy) is 1. The molecule has 0 bridgehead atoms. The lowest BCUT2D eigenvalue weighted by molar-refractivity contribution is 0.483. The van der Waals surface area contributed by atoms with Crippen molar-refractivity contribution in [3.8, 4) is 28.4 Å². The molecule has 4 heterocycles. The van der Waals surface area contributed by atoms with E-state index < -0.39 is 0 Å². The highest BCUT2D eigenvalue weighted by Gasteiger charge is 2.17. The molecule has 0 aliphatic heterocycles. The van der Waals surface area contributed by atoms with E-state index in [1.807, 2.05) is 60.9 Å². The van der Waals surface area contributed by atoms with Gasteiger partial charge in [0.25, 0.3) is 0 Å². The molecule has 0 atom stereocenters. The molecule has 9 aromatic rings. The fourth-order valence-corrected chi connectivity index (χ4v) is 6.37. The van der Waals surface area contributed by atoms with Crippen LogP contribution in [0, 0.1) is 0 Å². The van der Waals surface area contributed by atoms with Gasteiger partial charge in [0.15, 0.2) is 0 Å². The summed E-state index contributed by atoms with van der Waals surface area (Å²) in [6.45, 7) is 0. The van der Waals surface area contributed by atoms with Gasteiger partial charge in [-0.1, -0.05) is 54.6 Å². The van der Waals surface area contributed by atoms with Gasteiger partial charge in [-0.05, 0) is 78.2 Å². The Hall–Kier alpha value is -5.94. The predicted octanol–water partition coefficient (Wildman–Crippen LogP) is 9.59. The van der Waals surface area contributed by atoms with Crippen molar-refractivity contribution in [2.24, 2.45) is 0 Å². The second-order valence-corrected chi connectivity index (χ2v) is 10.7. The van der Waals surface area contributed by atoms with Crippen molar-refractivity contribution >= 4 is 49.1 Å². The number of benzene rings is 5. The van der Waals surface area contributed by atoms with Crippen LogP contribution in [-0.2, 0) is 0 Å². The first kappa shape index (κ1) is 23.7. The number of aromatic nitrogens is 4. The minimum absolute atomic E-state index is 0.759. The van der Waals surface area contributed by atoms with Crippen LogP contribution in [0.2, 0.25) is 0 Å². The molecular formula is C38H24N4O. The summed E-state index contributed by atoms with van der Waals surface area (Å²) in [4.78, 5) is 9.28. The highest BCUT2D eigenvalue weighted by Crippen LogP contribution is 2.39. The van der Waals surface area contributed by atoms with Gasteiger partial charge >= 0.3 is 0 Å². The number of fused-ring (bicyclic) bond motifs is 9. The molecule has 202 valence electrons. The lowest BCUT2D eigenvalue weighted by Crippen LogP contribution is -1.95. The summed E-state index contributed by atoms with van der Waals surface area (Å²) in [5, 5.41) is 5.78. The highest BCUT2D eigenvalue weighted by molar-refractivity contribution is 6.19. The quantitative estimate of drug-likeness (QED) is 0.204. The standard InChI is InChI=1S/C38H24N4O/c1-2-10-26(11-3-1)42-35-15-5-4-13-30(35)32-23-36-31(24-37(32)42)29-17-16-28(22-33(29)38-40-19-20-41(36)38)43-27-12-8-9-25(21-27)34-14-6-7-18-39-34/h1-24H. The molecule has 0 amide bonds. The maximum absolute atomic E-state index is 6.40. The van der Waals surface area contributed by atoms with Gasteiger partial charge in [-0.3, -0.25) is 9.38 Å². The van der Waals surface area contributed by atoms with E-state index in [2.05, 4.69) is 92.8 Å². The molecule has 5 heteroatoms. The van der Waals surface area contributed by atoms with Gasteiger partial charge in [0.1, 0.15) is 17.1 Å². The van der Waals surface area contributed by atoms with Gasteiger partial charge in [0, 0.05) is 51.4 Å². The van der Waals surface area contributed by atoms with E-state index in [4.69, 9.17) is 9.72 Å². The Balaban J connectivity index is 1.26. The highest BCUT2D eigenvalue weighted by atomic mass is 16.5. The molecule has 5 nitrogen and oxygen atoms in total. The van der Waals surface area contributed by atoms with E-state index >= 15 is 0 Å². The Morgan fingerprint density at radius 3 is 2.21 bits per heavy atom. The van der Waals surface area contributed by atoms with Crippen molar-refractivity contribution in [1.29, 1.82) is 0 Å². The van der Waals surface area contributed by atoms with Crippen LogP contribution in [0.3, 0.4) is 0 Å². The minimum Gasteiger partial charge on any atom is -0.457 e. The van der Waals surface area contributed by atoms with Crippen LogP contribution in [0.5, 0.6) is 11.5 Å². The number of pyridine rings is 2. The Morgan fingerprint density at radius 1 is 0.488 bits per heavy atom. The normalized spacial score (nSPS) is 11.7. The second kappa shape index (κ2) is 9.29. The Morgan fingerprint density at radius 2 is 1.30 bits per heavy atom. The van der Waals surface area contributed by atoms with Crippen LogP contribution in [0.25, 0.3) is 66.1 Å². The molecule has 4 aromatic heterocycles. The van der Waals surface area contributed by atoms with Crippen molar-refractivity contribution in [1.82, 2.24) is 18.9 Å². The first-order chi connectivity index (χ1) is 21.3. The molecule has 0 spiro atoms. The summed E-state index contributed by atoms with van der Waals surface area (Å²) in [5.41, 5.74) is 7.46. The summed E-state index contributed by atoms with van der Waals surface area (Å²) >= 11 is 0. The van der Waals surface area contributed by atoms with Crippen molar-refractivity contribution < 1.29 is 4.74 Å². The van der Waals surface area contributed by atoms with Crippen LogP contribution < -0.4 is 4.74 Å². The maximum Gasteiger partial charge on any atom is 0.145 e. The van der Waals surface area contributed by atoms with Crippen LogP contribution in [0.4, 0.5) is 0 Å². The van der Waals surface area contributed by atoms with Gasteiger partial charge in [-0.25, -0.2) is 4.98 Å². The summed E-state index contributed by atoms with van der Waals surface area (Å²) in [6.07, 6.45) is 5.72. The third-order valence-corrected chi connectivity index (χ3v) is 8.26. The molecule has 5 aromatic carbocycles. The summed E-state index contributed by atoms with van der Waals surface area (Å²) in [7, 11) is 0. The third-order valence-electron chi connectivity index (χ3n) is 8.26. The monoisotopic (exact) mass is 552 g/mol. The maximum atomic E-state index is 6.40. The van der Waals surface area contributed by atoms with Gasteiger partial charge in [-0.2, -0.15) is 0 Å². The van der Waals surface area contributed by atoms with E-state index in [-0.39, 0.29) is 0 Å². The average molecular weight is 553 g/mol. The van der Waals surface area contributed by atoms with Crippen molar-refractivity contribution in [2.45, 2.75) is 0 Å². The molecule has 0 fully saturated rings. The van der Waals surface area contributed by atoms with Crippen LogP contribution in [0.1, 0.15) is 0 Å². The van der Waals surface area contributed by atoms with Crippen LogP contribution in [0.15, 0.2) is 146 Å². The molecule has 0 radical (unpaired) electrons. The van der Waals surface area contributed by atoms with Gasteiger partial charge < -0.3 is 9.30 Å². The number of imidazole rings is 1. The first-order valence-corrected chi connectivity index (χ1v) is 14.3. The molecule has 0 saturated heterocycles. The fraction of sp³-hybridized carbons (Fsp3) is 0. The number of para-hydroxylation sites is 2. The smallest absolute Gasteiger partial charge is 0.145 e. The minimum atomic E-state index is 0.759. The largest absolute Gasteiger partial charge is 0.457 e. The SMILES string of the molecule is c1ccc(-n2c3ccccc3c3cc4c(cc32)c2ccc(Oc3cccc(-c5ccccn5)c3)cc2c2nccn42)cc1. The third kappa shape index (κ3) is 3.72. The van der Waals surface area contributed by atoms with Crippen LogP contribution in [-0.4, -0.2) is 18.9 Å². The number of hydrogen-bond acceptors (Lipinski definition) is 3. The average Bonchev–Trinajstić information content (AvgIpc) is 3.69. The van der Waals surface area contributed by atoms with Gasteiger partial charge in [0.05, 0.1) is 22.2 Å². The zero-order valence-electron chi connectivity index (χ0n) is 23.1. The molecule has 43 heavy (non-hydrogen) atoms. The molecule has 0 aliphatic rings. The molecule has 0 saturated carbocycles. The Kier molecular flexibility index (Phi) is 5.13. The fourth-order valence-electron chi connectivity index (χ4n) is 6.37. The summed E-state index contributed by atoms with van der Waals surface area (Å²) < 4.78 is 11.0. The number of hydrogen-bond donors (Lipinski definition) is 0. The zero-order chi connectivity index (χ0) is 28.3. The van der Waals surface area contributed by atoms with Gasteiger partial charge in [-0.15, -0.1) is 0 Å². The second-order valence-electron chi connectivity index (χ2n) is 10.7. The van der Waals surface area contributed by atoms with Crippen molar-refractivity contribution in [2.75, 3.05) is 0 Å². The lowest BCUT2D eigenvalue weighted by atomic mass is 10.0. The van der Waals surface area contributed by atoms with E-state index in [0.717, 1.165) is 55.8 Å². The predicted molar refractivity (Wildman–Crippen MR) is 174 cm³/mol.